The van der Waals surface area contributed by atoms with Crippen molar-refractivity contribution in [1.82, 2.24) is 14.3 Å². The van der Waals surface area contributed by atoms with Crippen LogP contribution < -0.4 is 5.32 Å². The Morgan fingerprint density at radius 2 is 1.96 bits per heavy atom. The maximum absolute atomic E-state index is 12.6. The molecule has 3 aromatic rings. The van der Waals surface area contributed by atoms with E-state index in [1.165, 1.54) is 0 Å². The van der Waals surface area contributed by atoms with Crippen LogP contribution in [0.3, 0.4) is 0 Å². The number of rotatable bonds is 7. The lowest BCUT2D eigenvalue weighted by Gasteiger charge is -2.09. The fourth-order valence-electron chi connectivity index (χ4n) is 3.44. The molecule has 0 bridgehead atoms. The van der Waals surface area contributed by atoms with Gasteiger partial charge >= 0.3 is 5.97 Å². The summed E-state index contributed by atoms with van der Waals surface area (Å²) in [6, 6.07) is 7.32. The third-order valence-electron chi connectivity index (χ3n) is 4.77. The molecule has 148 valence electrons. The molecule has 3 rings (SSSR count). The summed E-state index contributed by atoms with van der Waals surface area (Å²) in [5, 5.41) is 17.4. The van der Waals surface area contributed by atoms with Gasteiger partial charge in [0.15, 0.2) is 0 Å². The van der Waals surface area contributed by atoms with E-state index in [1.54, 1.807) is 16.8 Å². The Bertz CT molecular complexity index is 1030. The van der Waals surface area contributed by atoms with E-state index in [0.29, 0.717) is 11.6 Å². The first-order valence-electron chi connectivity index (χ1n) is 9.38. The maximum Gasteiger partial charge on any atom is 0.323 e. The Labute approximate surface area is 164 Å². The number of anilines is 1. The average molecular weight is 382 g/mol. The largest absolute Gasteiger partial charge is 0.480 e. The molecule has 2 aromatic heterocycles. The summed E-state index contributed by atoms with van der Waals surface area (Å²) in [5.74, 6) is -0.502. The van der Waals surface area contributed by atoms with Crippen molar-refractivity contribution < 1.29 is 14.7 Å². The van der Waals surface area contributed by atoms with Crippen LogP contribution >= 0.6 is 0 Å². The minimum atomic E-state index is -0.890. The van der Waals surface area contributed by atoms with Gasteiger partial charge in [0.1, 0.15) is 6.54 Å². The Hall–Kier alpha value is -3.09. The van der Waals surface area contributed by atoms with Crippen LogP contribution in [-0.2, 0) is 29.1 Å². The SMILES string of the molecule is Cc1nn(CC(C)C)c(C)c1CC(=O)Nc1ccc2c(ccn2CC(=O)O)c1. The zero-order valence-corrected chi connectivity index (χ0v) is 16.7. The zero-order valence-electron chi connectivity index (χ0n) is 16.7. The van der Waals surface area contributed by atoms with E-state index in [0.717, 1.165) is 34.4 Å². The third kappa shape index (κ3) is 4.24. The first kappa shape index (κ1) is 19.7. The molecule has 0 saturated heterocycles. The number of hydrogen-bond acceptors (Lipinski definition) is 3. The Morgan fingerprint density at radius 3 is 2.64 bits per heavy atom. The molecular formula is C21H26N4O3. The van der Waals surface area contributed by atoms with E-state index in [4.69, 9.17) is 5.11 Å². The van der Waals surface area contributed by atoms with Crippen LogP contribution in [-0.4, -0.2) is 31.3 Å². The lowest BCUT2D eigenvalue weighted by Crippen LogP contribution is -2.15. The number of carboxylic acids is 1. The molecule has 1 aromatic carbocycles. The molecule has 0 aliphatic rings. The second-order valence-corrected chi connectivity index (χ2v) is 7.56. The van der Waals surface area contributed by atoms with Crippen molar-refractivity contribution in [3.8, 4) is 0 Å². The lowest BCUT2D eigenvalue weighted by atomic mass is 10.1. The number of benzene rings is 1. The fraction of sp³-hybridized carbons (Fsp3) is 0.381. The lowest BCUT2D eigenvalue weighted by molar-refractivity contribution is -0.137. The van der Waals surface area contributed by atoms with Gasteiger partial charge in [-0.3, -0.25) is 14.3 Å². The van der Waals surface area contributed by atoms with Gasteiger partial charge in [-0.1, -0.05) is 13.8 Å². The number of hydrogen-bond donors (Lipinski definition) is 2. The molecule has 0 aliphatic carbocycles. The number of aryl methyl sites for hydroxylation is 1. The van der Waals surface area contributed by atoms with Gasteiger partial charge in [-0.2, -0.15) is 5.10 Å². The number of aliphatic carboxylic acids is 1. The van der Waals surface area contributed by atoms with Crippen molar-refractivity contribution in [2.24, 2.45) is 5.92 Å². The van der Waals surface area contributed by atoms with E-state index < -0.39 is 5.97 Å². The van der Waals surface area contributed by atoms with Crippen molar-refractivity contribution >= 4 is 28.5 Å². The van der Waals surface area contributed by atoms with Crippen molar-refractivity contribution in [1.29, 1.82) is 0 Å². The molecule has 1 amide bonds. The standard InChI is InChI=1S/C21H26N4O3/c1-13(2)11-25-15(4)18(14(3)23-25)10-20(26)22-17-5-6-19-16(9-17)7-8-24(19)12-21(27)28/h5-9,13H,10-12H2,1-4H3,(H,22,26)(H,27,28). The van der Waals surface area contributed by atoms with Crippen molar-refractivity contribution in [3.05, 3.63) is 47.4 Å². The topological polar surface area (TPSA) is 89.2 Å². The molecule has 7 nitrogen and oxygen atoms in total. The van der Waals surface area contributed by atoms with Crippen LogP contribution in [0.25, 0.3) is 10.9 Å². The van der Waals surface area contributed by atoms with Crippen LogP contribution in [0.4, 0.5) is 5.69 Å². The highest BCUT2D eigenvalue weighted by Crippen LogP contribution is 2.21. The zero-order chi connectivity index (χ0) is 20.4. The minimum absolute atomic E-state index is 0.0892. The van der Waals surface area contributed by atoms with Gasteiger partial charge in [-0.05, 0) is 44.0 Å². The van der Waals surface area contributed by atoms with Gasteiger partial charge in [0.05, 0.1) is 12.1 Å². The third-order valence-corrected chi connectivity index (χ3v) is 4.77. The van der Waals surface area contributed by atoms with Gasteiger partial charge < -0.3 is 15.0 Å². The highest BCUT2D eigenvalue weighted by atomic mass is 16.4. The molecule has 0 spiro atoms. The molecule has 0 unspecified atom stereocenters. The molecule has 7 heteroatoms. The van der Waals surface area contributed by atoms with E-state index in [1.807, 2.05) is 36.7 Å². The normalized spacial score (nSPS) is 11.3. The van der Waals surface area contributed by atoms with Crippen LogP contribution in [0.1, 0.15) is 30.8 Å². The van der Waals surface area contributed by atoms with E-state index in [-0.39, 0.29) is 18.9 Å². The molecule has 0 saturated carbocycles. The van der Waals surface area contributed by atoms with E-state index >= 15 is 0 Å². The Balaban J connectivity index is 1.73. The Kier molecular flexibility index (Phi) is 5.53. The Morgan fingerprint density at radius 1 is 1.21 bits per heavy atom. The summed E-state index contributed by atoms with van der Waals surface area (Å²) in [5.41, 5.74) is 4.39. The van der Waals surface area contributed by atoms with Gasteiger partial charge in [-0.15, -0.1) is 0 Å². The predicted octanol–water partition coefficient (Wildman–Crippen LogP) is 3.38. The number of carbonyl (C=O) groups is 2. The van der Waals surface area contributed by atoms with Gasteiger partial charge in [0.2, 0.25) is 5.91 Å². The number of carbonyl (C=O) groups excluding carboxylic acids is 1. The molecular weight excluding hydrogens is 356 g/mol. The summed E-state index contributed by atoms with van der Waals surface area (Å²) in [6.07, 6.45) is 2.01. The average Bonchev–Trinajstić information content (AvgIpc) is 3.10. The summed E-state index contributed by atoms with van der Waals surface area (Å²) in [7, 11) is 0. The van der Waals surface area contributed by atoms with Crippen molar-refractivity contribution in [2.45, 2.75) is 47.2 Å². The highest BCUT2D eigenvalue weighted by molar-refractivity contribution is 5.95. The number of carboxylic acid groups (broad SMARTS) is 1. The second-order valence-electron chi connectivity index (χ2n) is 7.56. The molecule has 0 aliphatic heterocycles. The first-order valence-corrected chi connectivity index (χ1v) is 9.38. The van der Waals surface area contributed by atoms with Crippen molar-refractivity contribution in [2.75, 3.05) is 5.32 Å². The predicted molar refractivity (Wildman–Crippen MR) is 108 cm³/mol. The summed E-state index contributed by atoms with van der Waals surface area (Å²) in [6.45, 7) is 8.96. The quantitative estimate of drug-likeness (QED) is 0.656. The fourth-order valence-corrected chi connectivity index (χ4v) is 3.44. The van der Waals surface area contributed by atoms with Gasteiger partial charge in [0.25, 0.3) is 0 Å². The molecule has 0 radical (unpaired) electrons. The molecule has 0 fully saturated rings. The van der Waals surface area contributed by atoms with Crippen LogP contribution in [0, 0.1) is 19.8 Å². The summed E-state index contributed by atoms with van der Waals surface area (Å²) >= 11 is 0. The van der Waals surface area contributed by atoms with Crippen LogP contribution in [0.5, 0.6) is 0 Å². The monoisotopic (exact) mass is 382 g/mol. The second kappa shape index (κ2) is 7.88. The maximum atomic E-state index is 12.6. The number of aromatic nitrogens is 3. The first-order chi connectivity index (χ1) is 13.2. The smallest absolute Gasteiger partial charge is 0.323 e. The van der Waals surface area contributed by atoms with E-state index in [2.05, 4.69) is 24.3 Å². The van der Waals surface area contributed by atoms with E-state index in [9.17, 15) is 9.59 Å². The molecule has 28 heavy (non-hydrogen) atoms. The van der Waals surface area contributed by atoms with Crippen LogP contribution in [0.2, 0.25) is 0 Å². The highest BCUT2D eigenvalue weighted by Gasteiger charge is 2.16. The minimum Gasteiger partial charge on any atom is -0.480 e. The molecule has 0 atom stereocenters. The van der Waals surface area contributed by atoms with Gasteiger partial charge in [-0.25, -0.2) is 0 Å². The molecule has 2 heterocycles. The van der Waals surface area contributed by atoms with Crippen molar-refractivity contribution in [3.63, 3.8) is 0 Å². The summed E-state index contributed by atoms with van der Waals surface area (Å²) in [4.78, 5) is 23.5. The summed E-state index contributed by atoms with van der Waals surface area (Å²) < 4.78 is 3.64. The van der Waals surface area contributed by atoms with Crippen LogP contribution in [0.15, 0.2) is 30.5 Å². The number of fused-ring (bicyclic) bond motifs is 1. The van der Waals surface area contributed by atoms with Gasteiger partial charge in [0, 0.05) is 40.6 Å². The molecule has 2 N–H and O–H groups in total. The number of amides is 1. The number of nitrogens with zero attached hydrogens (tertiary/aromatic N) is 3. The number of nitrogens with one attached hydrogen (secondary N) is 1.